The van der Waals surface area contributed by atoms with E-state index < -0.39 is 5.97 Å². The Bertz CT molecular complexity index is 688. The summed E-state index contributed by atoms with van der Waals surface area (Å²) < 4.78 is 1.25. The number of carbonyl (C=O) groups is 2. The van der Waals surface area contributed by atoms with Gasteiger partial charge in [0.05, 0.1) is 0 Å². The average Bonchev–Trinajstić information content (AvgIpc) is 3.04. The number of rotatable bonds is 4. The number of hydrogen-bond donors (Lipinski definition) is 3. The summed E-state index contributed by atoms with van der Waals surface area (Å²) in [7, 11) is 0. The smallest absolute Gasteiger partial charge is 0.325 e. The van der Waals surface area contributed by atoms with Crippen molar-refractivity contribution in [2.45, 2.75) is 32.2 Å². The lowest BCUT2D eigenvalue weighted by Crippen LogP contribution is -2.16. The fraction of sp³-hybridized carbons (Fsp3) is 0.385. The molecule has 2 aromatic heterocycles. The first-order chi connectivity index (χ1) is 10.1. The first-order valence-electron chi connectivity index (χ1n) is 6.76. The molecule has 3 rings (SSSR count). The van der Waals surface area contributed by atoms with Crippen LogP contribution < -0.4 is 5.32 Å². The molecule has 0 aromatic carbocycles. The van der Waals surface area contributed by atoms with Crippen molar-refractivity contribution in [2.24, 2.45) is 0 Å². The van der Waals surface area contributed by atoms with E-state index >= 15 is 0 Å². The number of fused-ring (bicyclic) bond motifs is 1. The fourth-order valence-electron chi connectivity index (χ4n) is 2.50. The zero-order chi connectivity index (χ0) is 14.8. The van der Waals surface area contributed by atoms with Crippen molar-refractivity contribution in [1.29, 1.82) is 0 Å². The highest BCUT2D eigenvalue weighted by Crippen LogP contribution is 2.22. The number of H-pyrrole nitrogens is 1. The third-order valence-electron chi connectivity index (χ3n) is 3.45. The molecule has 8 heteroatoms. The highest BCUT2D eigenvalue weighted by molar-refractivity contribution is 6.03. The molecule has 0 spiro atoms. The van der Waals surface area contributed by atoms with Crippen LogP contribution in [0.2, 0.25) is 0 Å². The van der Waals surface area contributed by atoms with Crippen molar-refractivity contribution in [3.63, 3.8) is 0 Å². The zero-order valence-electron chi connectivity index (χ0n) is 11.3. The minimum absolute atomic E-state index is 0.242. The highest BCUT2D eigenvalue weighted by Gasteiger charge is 2.22. The standard InChI is InChI=1S/C13H15N5O3/c19-11(20)7-18-6-5-10(17-18)14-13(21)12-8-3-1-2-4-9(8)15-16-12/h5-6H,1-4,7H2,(H,15,16)(H,19,20)(H,14,17,21). The van der Waals surface area contributed by atoms with E-state index in [1.165, 1.54) is 10.9 Å². The van der Waals surface area contributed by atoms with Gasteiger partial charge >= 0.3 is 5.97 Å². The first kappa shape index (κ1) is 13.3. The van der Waals surface area contributed by atoms with Crippen molar-refractivity contribution in [2.75, 3.05) is 5.32 Å². The number of aliphatic carboxylic acids is 1. The predicted octanol–water partition coefficient (Wildman–Crippen LogP) is 0.822. The molecule has 0 saturated carbocycles. The Morgan fingerprint density at radius 2 is 2.19 bits per heavy atom. The summed E-state index contributed by atoms with van der Waals surface area (Å²) in [5.74, 6) is -0.999. The van der Waals surface area contributed by atoms with Gasteiger partial charge in [0.2, 0.25) is 0 Å². The van der Waals surface area contributed by atoms with Gasteiger partial charge in [0.1, 0.15) is 6.54 Å². The van der Waals surface area contributed by atoms with Crippen LogP contribution in [0.4, 0.5) is 5.82 Å². The van der Waals surface area contributed by atoms with Crippen LogP contribution in [0.5, 0.6) is 0 Å². The summed E-state index contributed by atoms with van der Waals surface area (Å²) in [6.45, 7) is -0.242. The molecule has 0 atom stereocenters. The maximum atomic E-state index is 12.2. The SMILES string of the molecule is O=C(O)Cn1ccc(NC(=O)c2n[nH]c3c2CCCC3)n1. The molecule has 2 aromatic rings. The summed E-state index contributed by atoms with van der Waals surface area (Å²) in [6, 6.07) is 1.56. The molecule has 0 fully saturated rings. The van der Waals surface area contributed by atoms with Crippen molar-refractivity contribution in [1.82, 2.24) is 20.0 Å². The van der Waals surface area contributed by atoms with Gasteiger partial charge in [-0.3, -0.25) is 19.4 Å². The largest absolute Gasteiger partial charge is 0.480 e. The Morgan fingerprint density at radius 3 is 3.00 bits per heavy atom. The van der Waals surface area contributed by atoms with Crippen LogP contribution in [0.25, 0.3) is 0 Å². The third kappa shape index (κ3) is 2.78. The second-order valence-corrected chi connectivity index (χ2v) is 4.98. The van der Waals surface area contributed by atoms with E-state index in [0.717, 1.165) is 36.9 Å². The van der Waals surface area contributed by atoms with Crippen LogP contribution in [0, 0.1) is 0 Å². The normalized spacial score (nSPS) is 13.7. The summed E-state index contributed by atoms with van der Waals surface area (Å²) in [5, 5.41) is 22.3. The van der Waals surface area contributed by atoms with Crippen LogP contribution in [0.3, 0.4) is 0 Å². The van der Waals surface area contributed by atoms with E-state index in [4.69, 9.17) is 5.11 Å². The Labute approximate surface area is 120 Å². The second kappa shape index (κ2) is 5.39. The first-order valence-corrected chi connectivity index (χ1v) is 6.76. The fourth-order valence-corrected chi connectivity index (χ4v) is 2.50. The molecule has 0 radical (unpaired) electrons. The number of aromatic amines is 1. The number of carboxylic acids is 1. The lowest BCUT2D eigenvalue weighted by atomic mass is 9.96. The van der Waals surface area contributed by atoms with Gasteiger partial charge < -0.3 is 10.4 Å². The van der Waals surface area contributed by atoms with Crippen LogP contribution in [-0.4, -0.2) is 37.0 Å². The topological polar surface area (TPSA) is 113 Å². The van der Waals surface area contributed by atoms with E-state index in [2.05, 4.69) is 20.6 Å². The molecule has 8 nitrogen and oxygen atoms in total. The monoisotopic (exact) mass is 289 g/mol. The number of nitrogens with one attached hydrogen (secondary N) is 2. The van der Waals surface area contributed by atoms with Crippen LogP contribution in [0.15, 0.2) is 12.3 Å². The number of aryl methyl sites for hydroxylation is 1. The van der Waals surface area contributed by atoms with E-state index in [9.17, 15) is 9.59 Å². The van der Waals surface area contributed by atoms with E-state index in [1.54, 1.807) is 6.07 Å². The lowest BCUT2D eigenvalue weighted by molar-refractivity contribution is -0.137. The number of nitrogens with zero attached hydrogens (tertiary/aromatic N) is 3. The Morgan fingerprint density at radius 1 is 1.38 bits per heavy atom. The zero-order valence-corrected chi connectivity index (χ0v) is 11.3. The Kier molecular flexibility index (Phi) is 3.43. The number of carbonyl (C=O) groups excluding carboxylic acids is 1. The Balaban J connectivity index is 1.73. The molecule has 0 aliphatic heterocycles. The number of anilines is 1. The number of aromatic nitrogens is 4. The van der Waals surface area contributed by atoms with E-state index in [1.807, 2.05) is 0 Å². The molecule has 1 amide bonds. The van der Waals surface area contributed by atoms with E-state index in [-0.39, 0.29) is 12.5 Å². The van der Waals surface area contributed by atoms with Crippen LogP contribution in [-0.2, 0) is 24.2 Å². The van der Waals surface area contributed by atoms with Crippen molar-refractivity contribution in [3.05, 3.63) is 29.2 Å². The number of amides is 1. The minimum Gasteiger partial charge on any atom is -0.480 e. The van der Waals surface area contributed by atoms with Crippen LogP contribution in [0.1, 0.15) is 34.6 Å². The predicted molar refractivity (Wildman–Crippen MR) is 73.0 cm³/mol. The maximum Gasteiger partial charge on any atom is 0.325 e. The van der Waals surface area contributed by atoms with Gasteiger partial charge in [0, 0.05) is 23.5 Å². The summed E-state index contributed by atoms with van der Waals surface area (Å²) >= 11 is 0. The van der Waals surface area contributed by atoms with Gasteiger partial charge in [-0.05, 0) is 25.7 Å². The van der Waals surface area contributed by atoms with Crippen molar-refractivity contribution in [3.8, 4) is 0 Å². The molecule has 0 saturated heterocycles. The van der Waals surface area contributed by atoms with Crippen molar-refractivity contribution < 1.29 is 14.7 Å². The molecule has 0 unspecified atom stereocenters. The second-order valence-electron chi connectivity index (χ2n) is 4.98. The van der Waals surface area contributed by atoms with Gasteiger partial charge in [0.25, 0.3) is 5.91 Å². The highest BCUT2D eigenvalue weighted by atomic mass is 16.4. The van der Waals surface area contributed by atoms with Gasteiger partial charge in [0.15, 0.2) is 11.5 Å². The summed E-state index contributed by atoms with van der Waals surface area (Å²) in [6.07, 6.45) is 5.44. The number of hydrogen-bond acceptors (Lipinski definition) is 4. The lowest BCUT2D eigenvalue weighted by Gasteiger charge is -2.10. The molecular formula is C13H15N5O3. The third-order valence-corrected chi connectivity index (χ3v) is 3.45. The molecule has 21 heavy (non-hydrogen) atoms. The minimum atomic E-state index is -0.989. The number of carboxylic acid groups (broad SMARTS) is 1. The van der Waals surface area contributed by atoms with Gasteiger partial charge in [-0.15, -0.1) is 0 Å². The molecule has 1 aliphatic carbocycles. The van der Waals surface area contributed by atoms with Gasteiger partial charge in [-0.25, -0.2) is 0 Å². The average molecular weight is 289 g/mol. The molecule has 0 bridgehead atoms. The molecule has 2 heterocycles. The van der Waals surface area contributed by atoms with E-state index in [0.29, 0.717) is 11.5 Å². The van der Waals surface area contributed by atoms with Gasteiger partial charge in [-0.2, -0.15) is 10.2 Å². The molecule has 1 aliphatic rings. The Hall–Kier alpha value is -2.64. The van der Waals surface area contributed by atoms with Gasteiger partial charge in [-0.1, -0.05) is 0 Å². The summed E-state index contributed by atoms with van der Waals surface area (Å²) in [5.41, 5.74) is 2.41. The maximum absolute atomic E-state index is 12.2. The molecular weight excluding hydrogens is 274 g/mol. The molecule has 3 N–H and O–H groups in total. The van der Waals surface area contributed by atoms with Crippen LogP contribution >= 0.6 is 0 Å². The quantitative estimate of drug-likeness (QED) is 0.771. The molecule has 110 valence electrons. The summed E-state index contributed by atoms with van der Waals surface area (Å²) in [4.78, 5) is 22.8. The van der Waals surface area contributed by atoms with Crippen molar-refractivity contribution >= 4 is 17.7 Å².